The first-order chi connectivity index (χ1) is 10.3. The van der Waals surface area contributed by atoms with Crippen LogP contribution in [0.3, 0.4) is 0 Å². The molecule has 2 N–H and O–H groups in total. The fourth-order valence-electron chi connectivity index (χ4n) is 3.43. The Bertz CT molecular complexity index is 497. The largest absolute Gasteiger partial charge is 0.313 e. The Morgan fingerprint density at radius 2 is 2.19 bits per heavy atom. The summed E-state index contributed by atoms with van der Waals surface area (Å²) < 4.78 is 0. The van der Waals surface area contributed by atoms with Crippen molar-refractivity contribution < 1.29 is 4.79 Å². The number of benzene rings is 1. The third kappa shape index (κ3) is 3.34. The molecular weight excluding hydrogens is 262 g/mol. The van der Waals surface area contributed by atoms with E-state index in [1.807, 2.05) is 0 Å². The van der Waals surface area contributed by atoms with Crippen molar-refractivity contribution in [3.63, 3.8) is 0 Å². The predicted molar refractivity (Wildman–Crippen MR) is 84.3 cm³/mol. The van der Waals surface area contributed by atoms with Gasteiger partial charge in [-0.3, -0.25) is 9.69 Å². The number of nitrogens with one attached hydrogen (secondary N) is 2. The molecule has 0 amide bonds. The summed E-state index contributed by atoms with van der Waals surface area (Å²) in [7, 11) is 0. The van der Waals surface area contributed by atoms with Crippen molar-refractivity contribution >= 4 is 5.78 Å². The number of carbonyl (C=O) groups is 1. The molecular formula is C17H25N3O. The van der Waals surface area contributed by atoms with Gasteiger partial charge < -0.3 is 10.6 Å². The summed E-state index contributed by atoms with van der Waals surface area (Å²) in [5.41, 5.74) is 2.65. The molecule has 0 radical (unpaired) electrons. The van der Waals surface area contributed by atoms with Gasteiger partial charge in [0, 0.05) is 26.2 Å². The highest BCUT2D eigenvalue weighted by Gasteiger charge is 2.35. The van der Waals surface area contributed by atoms with E-state index in [4.69, 9.17) is 0 Å². The molecule has 0 saturated carbocycles. The van der Waals surface area contributed by atoms with E-state index in [0.29, 0.717) is 5.78 Å². The Hall–Kier alpha value is -1.23. The monoisotopic (exact) mass is 287 g/mol. The van der Waals surface area contributed by atoms with Crippen molar-refractivity contribution in [3.8, 4) is 0 Å². The van der Waals surface area contributed by atoms with Gasteiger partial charge in [0.2, 0.25) is 0 Å². The summed E-state index contributed by atoms with van der Waals surface area (Å²) in [6.45, 7) is 6.69. The number of nitrogens with zero attached hydrogens (tertiary/aromatic N) is 1. The van der Waals surface area contributed by atoms with Crippen molar-refractivity contribution in [2.24, 2.45) is 0 Å². The van der Waals surface area contributed by atoms with Crippen LogP contribution < -0.4 is 10.6 Å². The Kier molecular flexibility index (Phi) is 4.68. The Morgan fingerprint density at radius 3 is 2.95 bits per heavy atom. The SMILES string of the molecule is Cc1ccccc1CN1CCCC1C(=O)C1CNCCN1. The van der Waals surface area contributed by atoms with Gasteiger partial charge in [0.25, 0.3) is 0 Å². The van der Waals surface area contributed by atoms with E-state index in [0.717, 1.165) is 45.6 Å². The van der Waals surface area contributed by atoms with Crippen LogP contribution in [0, 0.1) is 6.92 Å². The zero-order valence-electron chi connectivity index (χ0n) is 12.8. The smallest absolute Gasteiger partial charge is 0.168 e. The van der Waals surface area contributed by atoms with Crippen LogP contribution in [-0.2, 0) is 11.3 Å². The quantitative estimate of drug-likeness (QED) is 0.870. The third-order valence-electron chi connectivity index (χ3n) is 4.71. The second kappa shape index (κ2) is 6.69. The number of likely N-dealkylation sites (tertiary alicyclic amines) is 1. The van der Waals surface area contributed by atoms with Crippen LogP contribution in [0.4, 0.5) is 0 Å². The van der Waals surface area contributed by atoms with E-state index < -0.39 is 0 Å². The second-order valence-corrected chi connectivity index (χ2v) is 6.17. The zero-order valence-corrected chi connectivity index (χ0v) is 12.8. The molecule has 21 heavy (non-hydrogen) atoms. The highest BCUT2D eigenvalue weighted by Crippen LogP contribution is 2.23. The molecule has 0 bridgehead atoms. The normalized spacial score (nSPS) is 26.9. The number of ketones is 1. The van der Waals surface area contributed by atoms with Gasteiger partial charge in [-0.05, 0) is 37.4 Å². The summed E-state index contributed by atoms with van der Waals surface area (Å²) in [5.74, 6) is 0.369. The van der Waals surface area contributed by atoms with E-state index in [9.17, 15) is 4.79 Å². The lowest BCUT2D eigenvalue weighted by Gasteiger charge is -2.30. The maximum Gasteiger partial charge on any atom is 0.168 e. The van der Waals surface area contributed by atoms with Crippen LogP contribution in [0.5, 0.6) is 0 Å². The third-order valence-corrected chi connectivity index (χ3v) is 4.71. The van der Waals surface area contributed by atoms with Gasteiger partial charge in [0.05, 0.1) is 12.1 Å². The minimum absolute atomic E-state index is 0.0128. The number of Topliss-reactive ketones (excluding diaryl/α,β-unsaturated/α-hetero) is 1. The molecule has 2 saturated heterocycles. The molecule has 2 heterocycles. The molecule has 0 spiro atoms. The number of hydrogen-bond acceptors (Lipinski definition) is 4. The summed E-state index contributed by atoms with van der Waals surface area (Å²) in [6.07, 6.45) is 2.13. The van der Waals surface area contributed by atoms with E-state index in [1.165, 1.54) is 11.1 Å². The standard InChI is InChI=1S/C17H25N3O/c1-13-5-2-3-6-14(13)12-20-10-4-7-16(20)17(21)15-11-18-8-9-19-15/h2-3,5-6,15-16,18-19H,4,7-12H2,1H3. The Labute approximate surface area is 126 Å². The van der Waals surface area contributed by atoms with Crippen molar-refractivity contribution in [1.82, 2.24) is 15.5 Å². The number of carbonyl (C=O) groups excluding carboxylic acids is 1. The lowest BCUT2D eigenvalue weighted by Crippen LogP contribution is -2.56. The first-order valence-electron chi connectivity index (χ1n) is 8.02. The molecule has 2 atom stereocenters. The van der Waals surface area contributed by atoms with Gasteiger partial charge in [-0.1, -0.05) is 24.3 Å². The fourth-order valence-corrected chi connectivity index (χ4v) is 3.43. The highest BCUT2D eigenvalue weighted by atomic mass is 16.1. The van der Waals surface area contributed by atoms with Crippen LogP contribution in [0.2, 0.25) is 0 Å². The van der Waals surface area contributed by atoms with Gasteiger partial charge >= 0.3 is 0 Å². The first-order valence-corrected chi connectivity index (χ1v) is 8.02. The van der Waals surface area contributed by atoms with Crippen LogP contribution in [0.25, 0.3) is 0 Å². The molecule has 2 fully saturated rings. The minimum Gasteiger partial charge on any atom is -0.313 e. The van der Waals surface area contributed by atoms with E-state index in [1.54, 1.807) is 0 Å². The van der Waals surface area contributed by atoms with Gasteiger partial charge in [-0.2, -0.15) is 0 Å². The van der Waals surface area contributed by atoms with Crippen LogP contribution in [-0.4, -0.2) is 48.9 Å². The van der Waals surface area contributed by atoms with Crippen LogP contribution in [0.15, 0.2) is 24.3 Å². The Balaban J connectivity index is 1.67. The predicted octanol–water partition coefficient (Wildman–Crippen LogP) is 1.09. The lowest BCUT2D eigenvalue weighted by atomic mass is 10.0. The average Bonchev–Trinajstić information content (AvgIpc) is 2.98. The number of rotatable bonds is 4. The molecule has 1 aromatic rings. The summed E-state index contributed by atoms with van der Waals surface area (Å²) in [6, 6.07) is 8.55. The topological polar surface area (TPSA) is 44.4 Å². The van der Waals surface area contributed by atoms with Crippen LogP contribution >= 0.6 is 0 Å². The van der Waals surface area contributed by atoms with E-state index in [-0.39, 0.29) is 12.1 Å². The molecule has 0 aliphatic carbocycles. The van der Waals surface area contributed by atoms with Crippen LogP contribution in [0.1, 0.15) is 24.0 Å². The molecule has 0 aromatic heterocycles. The zero-order chi connectivity index (χ0) is 14.7. The Morgan fingerprint density at radius 1 is 1.33 bits per heavy atom. The summed E-state index contributed by atoms with van der Waals surface area (Å²) in [5, 5.41) is 6.66. The van der Waals surface area contributed by atoms with Gasteiger partial charge in [0.15, 0.2) is 5.78 Å². The number of aryl methyl sites for hydroxylation is 1. The van der Waals surface area contributed by atoms with Crippen molar-refractivity contribution in [2.45, 2.75) is 38.4 Å². The van der Waals surface area contributed by atoms with E-state index in [2.05, 4.69) is 46.7 Å². The molecule has 1 aromatic carbocycles. The van der Waals surface area contributed by atoms with Gasteiger partial charge in [-0.25, -0.2) is 0 Å². The van der Waals surface area contributed by atoms with Gasteiger partial charge in [-0.15, -0.1) is 0 Å². The molecule has 4 nitrogen and oxygen atoms in total. The van der Waals surface area contributed by atoms with Gasteiger partial charge in [0.1, 0.15) is 0 Å². The molecule has 2 aliphatic heterocycles. The summed E-state index contributed by atoms with van der Waals surface area (Å²) in [4.78, 5) is 15.1. The fraction of sp³-hybridized carbons (Fsp3) is 0.588. The molecule has 2 unspecified atom stereocenters. The summed E-state index contributed by atoms with van der Waals surface area (Å²) >= 11 is 0. The molecule has 2 aliphatic rings. The van der Waals surface area contributed by atoms with Crippen molar-refractivity contribution in [1.29, 1.82) is 0 Å². The second-order valence-electron chi connectivity index (χ2n) is 6.17. The maximum absolute atomic E-state index is 12.7. The highest BCUT2D eigenvalue weighted by molar-refractivity contribution is 5.89. The number of hydrogen-bond donors (Lipinski definition) is 2. The first kappa shape index (κ1) is 14.7. The van der Waals surface area contributed by atoms with Crippen molar-refractivity contribution in [2.75, 3.05) is 26.2 Å². The minimum atomic E-state index is -0.0128. The maximum atomic E-state index is 12.7. The average molecular weight is 287 g/mol. The van der Waals surface area contributed by atoms with Crippen molar-refractivity contribution in [3.05, 3.63) is 35.4 Å². The molecule has 4 heteroatoms. The van der Waals surface area contributed by atoms with E-state index >= 15 is 0 Å². The molecule has 114 valence electrons. The number of piperazine rings is 1. The lowest BCUT2D eigenvalue weighted by molar-refractivity contribution is -0.125. The molecule has 3 rings (SSSR count).